The molecule has 0 saturated carbocycles. The first-order valence-corrected chi connectivity index (χ1v) is 5.38. The molecule has 0 aliphatic carbocycles. The third-order valence-electron chi connectivity index (χ3n) is 2.17. The van der Waals surface area contributed by atoms with E-state index in [0.29, 0.717) is 6.42 Å². The summed E-state index contributed by atoms with van der Waals surface area (Å²) in [6.45, 7) is 1.94. The second-order valence-corrected chi connectivity index (χ2v) is 4.16. The fraction of sp³-hybridized carbons (Fsp3) is 0.364. The van der Waals surface area contributed by atoms with Crippen molar-refractivity contribution in [3.8, 4) is 5.75 Å². The number of halogens is 1. The summed E-state index contributed by atoms with van der Waals surface area (Å²) in [5.74, 6) is 0.0244. The molecule has 0 aliphatic heterocycles. The number of aliphatic carboxylic acids is 1. The molecule has 15 heavy (non-hydrogen) atoms. The number of ether oxygens (including phenoxy) is 1. The third-order valence-corrected chi connectivity index (χ3v) is 2.91. The molecule has 1 N–H and O–H groups in total. The monoisotopic (exact) mass is 272 g/mol. The van der Waals surface area contributed by atoms with E-state index in [-0.39, 0.29) is 6.42 Å². The molecular weight excluding hydrogens is 260 g/mol. The van der Waals surface area contributed by atoms with Crippen LogP contribution in [0.3, 0.4) is 0 Å². The molecule has 1 aromatic rings. The van der Waals surface area contributed by atoms with Crippen molar-refractivity contribution in [1.82, 2.24) is 0 Å². The van der Waals surface area contributed by atoms with Crippen molar-refractivity contribution < 1.29 is 14.6 Å². The Morgan fingerprint density at radius 1 is 1.53 bits per heavy atom. The van der Waals surface area contributed by atoms with Crippen LogP contribution >= 0.6 is 15.9 Å². The first kappa shape index (κ1) is 12.0. The summed E-state index contributed by atoms with van der Waals surface area (Å²) in [4.78, 5) is 10.5. The lowest BCUT2D eigenvalue weighted by Gasteiger charge is -2.09. The minimum absolute atomic E-state index is 0.143. The maximum Gasteiger partial charge on any atom is 0.303 e. The van der Waals surface area contributed by atoms with Crippen molar-refractivity contribution in [3.05, 3.63) is 27.7 Å². The Morgan fingerprint density at radius 2 is 2.20 bits per heavy atom. The molecule has 0 aromatic heterocycles. The summed E-state index contributed by atoms with van der Waals surface area (Å²) in [5, 5.41) is 8.60. The number of methoxy groups -OCH3 is 1. The summed E-state index contributed by atoms with van der Waals surface area (Å²) in [5.41, 5.74) is 2.01. The first-order valence-electron chi connectivity index (χ1n) is 4.59. The molecule has 0 heterocycles. The van der Waals surface area contributed by atoms with Crippen LogP contribution in [0.15, 0.2) is 16.6 Å². The Kier molecular flexibility index (Phi) is 4.15. The van der Waals surface area contributed by atoms with Crippen molar-refractivity contribution in [2.45, 2.75) is 19.8 Å². The van der Waals surface area contributed by atoms with Crippen molar-refractivity contribution in [3.63, 3.8) is 0 Å². The van der Waals surface area contributed by atoms with Gasteiger partial charge in [-0.25, -0.2) is 0 Å². The Bertz CT molecular complexity index is 374. The van der Waals surface area contributed by atoms with Gasteiger partial charge >= 0.3 is 5.97 Å². The van der Waals surface area contributed by atoms with Crippen LogP contribution in [0.4, 0.5) is 0 Å². The molecule has 0 unspecified atom stereocenters. The second-order valence-electron chi connectivity index (χ2n) is 3.31. The minimum atomic E-state index is -0.782. The number of hydrogen-bond acceptors (Lipinski definition) is 2. The van der Waals surface area contributed by atoms with Gasteiger partial charge in [0, 0.05) is 10.9 Å². The number of carboxylic acids is 1. The average Bonchev–Trinajstić information content (AvgIpc) is 2.18. The zero-order valence-electron chi connectivity index (χ0n) is 8.71. The van der Waals surface area contributed by atoms with Crippen molar-refractivity contribution in [2.75, 3.05) is 7.11 Å². The zero-order valence-corrected chi connectivity index (χ0v) is 10.3. The molecule has 4 heteroatoms. The van der Waals surface area contributed by atoms with E-state index in [4.69, 9.17) is 9.84 Å². The van der Waals surface area contributed by atoms with E-state index in [1.807, 2.05) is 19.1 Å². The van der Waals surface area contributed by atoms with Gasteiger partial charge in [-0.2, -0.15) is 0 Å². The number of hydrogen-bond donors (Lipinski definition) is 1. The standard InChI is InChI=1S/C11H13BrO3/c1-7-5-8(3-4-11(13)14)9(12)6-10(7)15-2/h5-6H,3-4H2,1-2H3,(H,13,14). The Morgan fingerprint density at radius 3 is 2.73 bits per heavy atom. The Balaban J connectivity index is 2.90. The van der Waals surface area contributed by atoms with Gasteiger partial charge in [0.1, 0.15) is 5.75 Å². The fourth-order valence-corrected chi connectivity index (χ4v) is 1.90. The first-order chi connectivity index (χ1) is 7.04. The van der Waals surface area contributed by atoms with Gasteiger partial charge in [-0.15, -0.1) is 0 Å². The summed E-state index contributed by atoms with van der Waals surface area (Å²) in [6, 6.07) is 3.82. The molecule has 1 rings (SSSR count). The molecule has 82 valence electrons. The normalized spacial score (nSPS) is 10.1. The highest BCUT2D eigenvalue weighted by Gasteiger charge is 2.07. The summed E-state index contributed by atoms with van der Waals surface area (Å²) in [6.07, 6.45) is 0.672. The highest BCUT2D eigenvalue weighted by Crippen LogP contribution is 2.27. The summed E-state index contributed by atoms with van der Waals surface area (Å²) < 4.78 is 6.05. The van der Waals surface area contributed by atoms with Crippen LogP contribution in [-0.2, 0) is 11.2 Å². The third kappa shape index (κ3) is 3.23. The van der Waals surface area contributed by atoms with E-state index in [0.717, 1.165) is 21.3 Å². The van der Waals surface area contributed by atoms with Crippen molar-refractivity contribution in [2.24, 2.45) is 0 Å². The van der Waals surface area contributed by atoms with Crippen LogP contribution in [0, 0.1) is 6.92 Å². The predicted octanol–water partition coefficient (Wildman–Crippen LogP) is 2.78. The van der Waals surface area contributed by atoms with E-state index in [2.05, 4.69) is 15.9 Å². The van der Waals surface area contributed by atoms with Gasteiger partial charge in [0.25, 0.3) is 0 Å². The van der Waals surface area contributed by atoms with Gasteiger partial charge in [-0.3, -0.25) is 4.79 Å². The lowest BCUT2D eigenvalue weighted by Crippen LogP contribution is -1.99. The van der Waals surface area contributed by atoms with Crippen LogP contribution < -0.4 is 4.74 Å². The average molecular weight is 273 g/mol. The molecule has 0 radical (unpaired) electrons. The van der Waals surface area contributed by atoms with Crippen LogP contribution in [0.5, 0.6) is 5.75 Å². The van der Waals surface area contributed by atoms with Gasteiger partial charge < -0.3 is 9.84 Å². The molecule has 1 aromatic carbocycles. The van der Waals surface area contributed by atoms with E-state index in [1.165, 1.54) is 0 Å². The van der Waals surface area contributed by atoms with Crippen molar-refractivity contribution in [1.29, 1.82) is 0 Å². The number of aryl methyl sites for hydroxylation is 2. The molecule has 0 saturated heterocycles. The smallest absolute Gasteiger partial charge is 0.303 e. The van der Waals surface area contributed by atoms with Crippen LogP contribution in [0.2, 0.25) is 0 Å². The van der Waals surface area contributed by atoms with Crippen LogP contribution in [0.25, 0.3) is 0 Å². The van der Waals surface area contributed by atoms with Crippen molar-refractivity contribution >= 4 is 21.9 Å². The molecule has 0 atom stereocenters. The number of benzene rings is 1. The zero-order chi connectivity index (χ0) is 11.4. The van der Waals surface area contributed by atoms with Gasteiger partial charge in [0.2, 0.25) is 0 Å². The van der Waals surface area contributed by atoms with Gasteiger partial charge in [-0.05, 0) is 30.5 Å². The quantitative estimate of drug-likeness (QED) is 0.917. The molecule has 3 nitrogen and oxygen atoms in total. The van der Waals surface area contributed by atoms with Gasteiger partial charge in [-0.1, -0.05) is 22.0 Å². The topological polar surface area (TPSA) is 46.5 Å². The Labute approximate surface area is 97.2 Å². The van der Waals surface area contributed by atoms with Crippen LogP contribution in [0.1, 0.15) is 17.5 Å². The van der Waals surface area contributed by atoms with Gasteiger partial charge in [0.15, 0.2) is 0 Å². The summed E-state index contributed by atoms with van der Waals surface area (Å²) >= 11 is 3.40. The fourth-order valence-electron chi connectivity index (χ4n) is 1.38. The molecular formula is C11H13BrO3. The number of carboxylic acid groups (broad SMARTS) is 1. The highest BCUT2D eigenvalue weighted by molar-refractivity contribution is 9.10. The highest BCUT2D eigenvalue weighted by atomic mass is 79.9. The maximum absolute atomic E-state index is 10.5. The maximum atomic E-state index is 10.5. The lowest BCUT2D eigenvalue weighted by atomic mass is 10.1. The predicted molar refractivity (Wildman–Crippen MR) is 61.4 cm³/mol. The van der Waals surface area contributed by atoms with E-state index in [9.17, 15) is 4.79 Å². The molecule has 0 fully saturated rings. The lowest BCUT2D eigenvalue weighted by molar-refractivity contribution is -0.136. The largest absolute Gasteiger partial charge is 0.496 e. The second kappa shape index (κ2) is 5.16. The van der Waals surface area contributed by atoms with Gasteiger partial charge in [0.05, 0.1) is 7.11 Å². The number of rotatable bonds is 4. The van der Waals surface area contributed by atoms with Crippen LogP contribution in [-0.4, -0.2) is 18.2 Å². The molecule has 0 aliphatic rings. The van der Waals surface area contributed by atoms with E-state index < -0.39 is 5.97 Å². The van der Waals surface area contributed by atoms with E-state index >= 15 is 0 Å². The minimum Gasteiger partial charge on any atom is -0.496 e. The Hall–Kier alpha value is -1.03. The SMILES string of the molecule is COc1cc(Br)c(CCC(=O)O)cc1C. The van der Waals surface area contributed by atoms with E-state index in [1.54, 1.807) is 7.11 Å². The molecule has 0 amide bonds. The summed E-state index contributed by atoms with van der Waals surface area (Å²) in [7, 11) is 1.62. The number of carbonyl (C=O) groups is 1. The molecule has 0 bridgehead atoms. The molecule has 0 spiro atoms.